The second-order valence-corrected chi connectivity index (χ2v) is 8.63. The van der Waals surface area contributed by atoms with E-state index in [4.69, 9.17) is 4.74 Å². The molecule has 2 heterocycles. The normalized spacial score (nSPS) is 15.8. The minimum absolute atomic E-state index is 0.0509. The number of carbonyl (C=O) groups excluding carboxylic acids is 1. The van der Waals surface area contributed by atoms with Crippen LogP contribution < -0.4 is 10.1 Å². The maximum atomic E-state index is 12.8. The first-order valence-electron chi connectivity index (χ1n) is 11.7. The van der Waals surface area contributed by atoms with Crippen molar-refractivity contribution >= 4 is 12.0 Å². The lowest BCUT2D eigenvalue weighted by Crippen LogP contribution is -2.47. The van der Waals surface area contributed by atoms with Crippen molar-refractivity contribution in [3.63, 3.8) is 0 Å². The first-order chi connectivity index (χ1) is 16.7. The van der Waals surface area contributed by atoms with Crippen molar-refractivity contribution in [2.75, 3.05) is 39.8 Å². The molecule has 34 heavy (non-hydrogen) atoms. The molecule has 0 radical (unpaired) electrons. The molecule has 4 rings (SSSR count). The van der Waals surface area contributed by atoms with E-state index in [0.717, 1.165) is 55.2 Å². The second-order valence-electron chi connectivity index (χ2n) is 8.63. The molecule has 6 nitrogen and oxygen atoms in total. The summed E-state index contributed by atoms with van der Waals surface area (Å²) in [7, 11) is 2.15. The summed E-state index contributed by atoms with van der Waals surface area (Å²) in [6.45, 7) is 5.41. The van der Waals surface area contributed by atoms with E-state index < -0.39 is 0 Å². The number of aromatic nitrogens is 1. The molecule has 0 bridgehead atoms. The maximum absolute atomic E-state index is 12.8. The van der Waals surface area contributed by atoms with Crippen LogP contribution in [0.5, 0.6) is 5.75 Å². The Labute approximate surface area is 201 Å². The summed E-state index contributed by atoms with van der Waals surface area (Å²) < 4.78 is 5.80. The maximum Gasteiger partial charge on any atom is 0.244 e. The van der Waals surface area contributed by atoms with Crippen LogP contribution in [-0.2, 0) is 11.4 Å². The number of amides is 1. The molecule has 3 aromatic rings. The molecule has 6 heteroatoms. The second kappa shape index (κ2) is 12.1. The third-order valence-electron chi connectivity index (χ3n) is 5.99. The van der Waals surface area contributed by atoms with Crippen molar-refractivity contribution < 1.29 is 9.53 Å². The minimum Gasteiger partial charge on any atom is -0.489 e. The number of rotatable bonds is 9. The molecule has 1 aliphatic heterocycles. The van der Waals surface area contributed by atoms with Gasteiger partial charge in [0.1, 0.15) is 12.4 Å². The number of ether oxygens (including phenoxy) is 1. The zero-order valence-corrected chi connectivity index (χ0v) is 19.6. The molecular formula is C28H32N4O2. The third kappa shape index (κ3) is 7.27. The lowest BCUT2D eigenvalue weighted by Gasteiger charge is -2.34. The van der Waals surface area contributed by atoms with Crippen molar-refractivity contribution in [3.05, 3.63) is 102 Å². The fourth-order valence-electron chi connectivity index (χ4n) is 3.93. The highest BCUT2D eigenvalue weighted by molar-refractivity contribution is 5.92. The molecule has 0 aliphatic carbocycles. The van der Waals surface area contributed by atoms with E-state index in [1.54, 1.807) is 18.5 Å². The molecule has 1 fully saturated rings. The lowest BCUT2D eigenvalue weighted by atomic mass is 10.1. The molecule has 1 saturated heterocycles. The van der Waals surface area contributed by atoms with E-state index in [1.807, 2.05) is 60.7 Å². The van der Waals surface area contributed by atoms with Crippen LogP contribution in [0.4, 0.5) is 0 Å². The lowest BCUT2D eigenvalue weighted by molar-refractivity contribution is -0.117. The van der Waals surface area contributed by atoms with Gasteiger partial charge < -0.3 is 15.0 Å². The Bertz CT molecular complexity index is 1050. The number of hydrogen-bond donors (Lipinski definition) is 1. The van der Waals surface area contributed by atoms with Crippen LogP contribution in [0.25, 0.3) is 6.08 Å². The Morgan fingerprint density at radius 2 is 1.79 bits per heavy atom. The van der Waals surface area contributed by atoms with Crippen LogP contribution in [0.2, 0.25) is 0 Å². The molecule has 1 atom stereocenters. The Balaban J connectivity index is 1.33. The number of benzene rings is 2. The average Bonchev–Trinajstić information content (AvgIpc) is 2.89. The number of carbonyl (C=O) groups is 1. The SMILES string of the molecule is CN1CCN(CC(NC(=O)/C=C/c2ccc(OCc3cccnc3)cc2)c2ccccc2)CC1. The van der Waals surface area contributed by atoms with Crippen molar-refractivity contribution in [3.8, 4) is 5.75 Å². The van der Waals surface area contributed by atoms with Crippen molar-refractivity contribution in [2.45, 2.75) is 12.6 Å². The van der Waals surface area contributed by atoms with Gasteiger partial charge in [-0.3, -0.25) is 14.7 Å². The number of hydrogen-bond acceptors (Lipinski definition) is 5. The zero-order chi connectivity index (χ0) is 23.6. The highest BCUT2D eigenvalue weighted by Crippen LogP contribution is 2.17. The number of piperazine rings is 1. The van der Waals surface area contributed by atoms with Gasteiger partial charge in [0.2, 0.25) is 5.91 Å². The highest BCUT2D eigenvalue weighted by atomic mass is 16.5. The van der Waals surface area contributed by atoms with Gasteiger partial charge in [0.05, 0.1) is 6.04 Å². The molecule has 2 aromatic carbocycles. The third-order valence-corrected chi connectivity index (χ3v) is 5.99. The predicted molar refractivity (Wildman–Crippen MR) is 135 cm³/mol. The first-order valence-corrected chi connectivity index (χ1v) is 11.7. The van der Waals surface area contributed by atoms with Gasteiger partial charge in [-0.15, -0.1) is 0 Å². The molecule has 1 N–H and O–H groups in total. The smallest absolute Gasteiger partial charge is 0.244 e. The zero-order valence-electron chi connectivity index (χ0n) is 19.6. The summed E-state index contributed by atoms with van der Waals surface area (Å²) in [5.41, 5.74) is 3.09. The van der Waals surface area contributed by atoms with Gasteiger partial charge in [0.25, 0.3) is 0 Å². The molecule has 0 saturated carbocycles. The summed E-state index contributed by atoms with van der Waals surface area (Å²) in [5.74, 6) is 0.682. The number of nitrogens with zero attached hydrogens (tertiary/aromatic N) is 3. The summed E-state index contributed by atoms with van der Waals surface area (Å²) >= 11 is 0. The standard InChI is InChI=1S/C28H32N4O2/c1-31-16-18-32(19-17-31)21-27(25-7-3-2-4-8-25)30-28(33)14-11-23-9-12-26(13-10-23)34-22-24-6-5-15-29-20-24/h2-15,20,27H,16-19,21-22H2,1H3,(H,30,33)/b14-11+. The molecule has 0 spiro atoms. The molecule has 1 aromatic heterocycles. The van der Waals surface area contributed by atoms with Crippen LogP contribution in [0.3, 0.4) is 0 Å². The van der Waals surface area contributed by atoms with Crippen LogP contribution in [-0.4, -0.2) is 60.5 Å². The van der Waals surface area contributed by atoms with E-state index in [1.165, 1.54) is 0 Å². The molecule has 176 valence electrons. The van der Waals surface area contributed by atoms with E-state index in [-0.39, 0.29) is 11.9 Å². The van der Waals surface area contributed by atoms with Gasteiger partial charge in [-0.25, -0.2) is 0 Å². The Morgan fingerprint density at radius 1 is 1.03 bits per heavy atom. The summed E-state index contributed by atoms with van der Waals surface area (Å²) in [6.07, 6.45) is 6.97. The molecular weight excluding hydrogens is 424 g/mol. The van der Waals surface area contributed by atoms with E-state index in [9.17, 15) is 4.79 Å². The Kier molecular flexibility index (Phi) is 8.43. The topological polar surface area (TPSA) is 57.7 Å². The average molecular weight is 457 g/mol. The van der Waals surface area contributed by atoms with E-state index in [0.29, 0.717) is 6.61 Å². The van der Waals surface area contributed by atoms with Crippen molar-refractivity contribution in [1.29, 1.82) is 0 Å². The summed E-state index contributed by atoms with van der Waals surface area (Å²) in [6, 6.07) is 21.7. The van der Waals surface area contributed by atoms with Gasteiger partial charge in [-0.1, -0.05) is 48.5 Å². The van der Waals surface area contributed by atoms with Crippen molar-refractivity contribution in [1.82, 2.24) is 20.1 Å². The van der Waals surface area contributed by atoms with Crippen LogP contribution in [0.15, 0.2) is 85.2 Å². The highest BCUT2D eigenvalue weighted by Gasteiger charge is 2.20. The van der Waals surface area contributed by atoms with E-state index >= 15 is 0 Å². The van der Waals surface area contributed by atoms with Gasteiger partial charge in [-0.05, 0) is 42.4 Å². The van der Waals surface area contributed by atoms with Gasteiger partial charge >= 0.3 is 0 Å². The molecule has 1 unspecified atom stereocenters. The quantitative estimate of drug-likeness (QED) is 0.497. The van der Waals surface area contributed by atoms with Crippen LogP contribution >= 0.6 is 0 Å². The number of likely N-dealkylation sites (N-methyl/N-ethyl adjacent to an activating group) is 1. The molecule has 1 amide bonds. The summed E-state index contributed by atoms with van der Waals surface area (Å²) in [5, 5.41) is 3.20. The fraction of sp³-hybridized carbons (Fsp3) is 0.286. The Hall–Kier alpha value is -3.48. The predicted octanol–water partition coefficient (Wildman–Crippen LogP) is 3.78. The van der Waals surface area contributed by atoms with Crippen molar-refractivity contribution in [2.24, 2.45) is 0 Å². The largest absolute Gasteiger partial charge is 0.489 e. The Morgan fingerprint density at radius 3 is 2.50 bits per heavy atom. The summed E-state index contributed by atoms with van der Waals surface area (Å²) in [4.78, 5) is 21.6. The van der Waals surface area contributed by atoms with Gasteiger partial charge in [-0.2, -0.15) is 0 Å². The van der Waals surface area contributed by atoms with Gasteiger partial charge in [0, 0.05) is 56.8 Å². The monoisotopic (exact) mass is 456 g/mol. The van der Waals surface area contributed by atoms with E-state index in [2.05, 4.69) is 39.3 Å². The number of nitrogens with one attached hydrogen (secondary N) is 1. The van der Waals surface area contributed by atoms with Crippen LogP contribution in [0.1, 0.15) is 22.7 Å². The first kappa shape index (κ1) is 23.7. The fourth-order valence-corrected chi connectivity index (χ4v) is 3.93. The van der Waals surface area contributed by atoms with Crippen LogP contribution in [0, 0.1) is 0 Å². The molecule has 1 aliphatic rings. The minimum atomic E-state index is -0.0973. The van der Waals surface area contributed by atoms with Gasteiger partial charge in [0.15, 0.2) is 0 Å². The number of pyridine rings is 1.